The van der Waals surface area contributed by atoms with Gasteiger partial charge in [-0.15, -0.1) is 0 Å². The minimum atomic E-state index is -0.188. The minimum Gasteiger partial charge on any atom is -0.459 e. The topological polar surface area (TPSA) is 54.5 Å². The fourth-order valence-corrected chi connectivity index (χ4v) is 5.08. The third-order valence-corrected chi connectivity index (χ3v) is 6.47. The maximum absolute atomic E-state index is 12.8. The third-order valence-electron chi connectivity index (χ3n) is 6.47. The predicted octanol–water partition coefficient (Wildman–Crippen LogP) is 4.07. The normalized spacial score (nSPS) is 18.3. The summed E-state index contributed by atoms with van der Waals surface area (Å²) in [6.07, 6.45) is 7.26. The van der Waals surface area contributed by atoms with Crippen molar-refractivity contribution in [2.24, 2.45) is 5.92 Å². The molecule has 2 aromatic heterocycles. The van der Waals surface area contributed by atoms with E-state index >= 15 is 0 Å². The van der Waals surface area contributed by atoms with E-state index in [1.165, 1.54) is 11.3 Å². The number of para-hydroxylation sites is 1. The van der Waals surface area contributed by atoms with E-state index in [1.54, 1.807) is 18.4 Å². The summed E-state index contributed by atoms with van der Waals surface area (Å²) in [6.45, 7) is 7.81. The predicted molar refractivity (Wildman–Crippen MR) is 114 cm³/mol. The largest absolute Gasteiger partial charge is 0.459 e. The van der Waals surface area contributed by atoms with Crippen molar-refractivity contribution in [3.05, 3.63) is 72.2 Å². The molecule has 3 aromatic rings. The highest BCUT2D eigenvalue weighted by Gasteiger charge is 2.47. The van der Waals surface area contributed by atoms with Crippen molar-refractivity contribution >= 4 is 5.91 Å². The van der Waals surface area contributed by atoms with Gasteiger partial charge in [-0.25, -0.2) is 4.98 Å². The van der Waals surface area contributed by atoms with Crippen LogP contribution in [-0.4, -0.2) is 44.9 Å². The number of hydrogen-bond acceptors (Lipinski definition) is 4. The monoisotopic (exact) mass is 404 g/mol. The van der Waals surface area contributed by atoms with Crippen LogP contribution in [0.1, 0.15) is 48.6 Å². The smallest absolute Gasteiger partial charge is 0.289 e. The Morgan fingerprint density at radius 3 is 2.70 bits per heavy atom. The lowest BCUT2D eigenvalue weighted by Crippen LogP contribution is -2.55. The van der Waals surface area contributed by atoms with Crippen molar-refractivity contribution in [2.45, 2.75) is 38.8 Å². The first-order valence-corrected chi connectivity index (χ1v) is 10.8. The van der Waals surface area contributed by atoms with E-state index in [0.717, 1.165) is 31.8 Å². The number of carbonyl (C=O) groups excluding carboxylic acids is 1. The van der Waals surface area contributed by atoms with Crippen molar-refractivity contribution in [3.63, 3.8) is 0 Å². The van der Waals surface area contributed by atoms with Crippen LogP contribution in [0.15, 0.2) is 59.5 Å². The molecule has 5 rings (SSSR count). The number of amides is 1. The molecule has 1 fully saturated rings. The van der Waals surface area contributed by atoms with Gasteiger partial charge in [-0.05, 0) is 42.5 Å². The van der Waals surface area contributed by atoms with Crippen molar-refractivity contribution in [1.82, 2.24) is 19.4 Å². The summed E-state index contributed by atoms with van der Waals surface area (Å²) in [5.41, 5.74) is 2.35. The molecule has 1 spiro atoms. The Balaban J connectivity index is 1.52. The lowest BCUT2D eigenvalue weighted by atomic mass is 9.83. The molecule has 2 aliphatic rings. The van der Waals surface area contributed by atoms with Crippen LogP contribution in [0.4, 0.5) is 0 Å². The van der Waals surface area contributed by atoms with E-state index in [2.05, 4.69) is 53.8 Å². The Hall–Kier alpha value is -2.86. The molecule has 0 atom stereocenters. The highest BCUT2D eigenvalue weighted by molar-refractivity contribution is 5.91. The van der Waals surface area contributed by atoms with Gasteiger partial charge in [-0.2, -0.15) is 0 Å². The number of aromatic nitrogens is 2. The molecule has 1 saturated heterocycles. The van der Waals surface area contributed by atoms with Gasteiger partial charge in [0.05, 0.1) is 17.5 Å². The molecule has 1 aromatic carbocycles. The number of nitrogens with zero attached hydrogens (tertiary/aromatic N) is 4. The summed E-state index contributed by atoms with van der Waals surface area (Å²) >= 11 is 0. The number of benzene rings is 1. The van der Waals surface area contributed by atoms with Crippen LogP contribution in [0.25, 0.3) is 5.69 Å². The second-order valence-corrected chi connectivity index (χ2v) is 8.83. The van der Waals surface area contributed by atoms with E-state index in [-0.39, 0.29) is 11.4 Å². The number of likely N-dealkylation sites (tertiary alicyclic amines) is 1. The summed E-state index contributed by atoms with van der Waals surface area (Å²) in [6, 6.07) is 12.1. The number of hydrogen-bond donors (Lipinski definition) is 0. The zero-order valence-electron chi connectivity index (χ0n) is 17.6. The van der Waals surface area contributed by atoms with Crippen LogP contribution in [0.2, 0.25) is 0 Å². The summed E-state index contributed by atoms with van der Waals surface area (Å²) in [5.74, 6) is 2.03. The molecule has 0 aliphatic carbocycles. The number of fused-ring (bicyclic) bond motifs is 4. The van der Waals surface area contributed by atoms with Gasteiger partial charge in [0, 0.05) is 38.6 Å². The Labute approximate surface area is 177 Å². The molecule has 4 heterocycles. The average molecular weight is 405 g/mol. The van der Waals surface area contributed by atoms with Crippen molar-refractivity contribution in [1.29, 1.82) is 0 Å². The van der Waals surface area contributed by atoms with Gasteiger partial charge in [-0.3, -0.25) is 9.69 Å². The molecule has 6 heteroatoms. The zero-order valence-corrected chi connectivity index (χ0v) is 17.6. The summed E-state index contributed by atoms with van der Waals surface area (Å²) in [5, 5.41) is 0. The Morgan fingerprint density at radius 2 is 1.97 bits per heavy atom. The lowest BCUT2D eigenvalue weighted by Gasteiger charge is -2.48. The fourth-order valence-electron chi connectivity index (χ4n) is 5.08. The number of furan rings is 1. The van der Waals surface area contributed by atoms with E-state index in [1.807, 2.05) is 11.1 Å². The third kappa shape index (κ3) is 3.06. The summed E-state index contributed by atoms with van der Waals surface area (Å²) in [7, 11) is 0. The Morgan fingerprint density at radius 1 is 1.17 bits per heavy atom. The quantitative estimate of drug-likeness (QED) is 0.660. The number of piperidine rings is 1. The van der Waals surface area contributed by atoms with Crippen LogP contribution < -0.4 is 0 Å². The molecule has 2 aliphatic heterocycles. The first-order chi connectivity index (χ1) is 14.6. The van der Waals surface area contributed by atoms with E-state index < -0.39 is 0 Å². The molecule has 156 valence electrons. The van der Waals surface area contributed by atoms with Gasteiger partial charge in [0.1, 0.15) is 5.82 Å². The second kappa shape index (κ2) is 7.43. The van der Waals surface area contributed by atoms with Crippen LogP contribution in [-0.2, 0) is 12.1 Å². The molecular formula is C24H28N4O2. The van der Waals surface area contributed by atoms with Crippen molar-refractivity contribution in [3.8, 4) is 5.69 Å². The number of carbonyl (C=O) groups is 1. The maximum Gasteiger partial charge on any atom is 0.289 e. The van der Waals surface area contributed by atoms with Crippen LogP contribution in [0.3, 0.4) is 0 Å². The SMILES string of the molecule is CC(C)CN1Cc2ccccc2-n2ccnc2C12CCN(C(=O)c1ccco1)CC2. The highest BCUT2D eigenvalue weighted by Crippen LogP contribution is 2.43. The Kier molecular flexibility index (Phi) is 4.74. The van der Waals surface area contributed by atoms with E-state index in [4.69, 9.17) is 9.40 Å². The van der Waals surface area contributed by atoms with Gasteiger partial charge in [0.25, 0.3) is 5.91 Å². The molecule has 0 bridgehead atoms. The van der Waals surface area contributed by atoms with E-state index in [9.17, 15) is 4.79 Å². The fraction of sp³-hybridized carbons (Fsp3) is 0.417. The van der Waals surface area contributed by atoms with Crippen molar-refractivity contribution < 1.29 is 9.21 Å². The van der Waals surface area contributed by atoms with Crippen molar-refractivity contribution in [2.75, 3.05) is 19.6 Å². The van der Waals surface area contributed by atoms with Crippen LogP contribution in [0.5, 0.6) is 0 Å². The molecule has 6 nitrogen and oxygen atoms in total. The van der Waals surface area contributed by atoms with Crippen LogP contribution >= 0.6 is 0 Å². The molecule has 30 heavy (non-hydrogen) atoms. The molecule has 0 radical (unpaired) electrons. The standard InChI is InChI=1S/C24H28N4O2/c1-18(2)16-27-17-19-6-3-4-7-20(19)28-14-11-25-23(28)24(27)9-12-26(13-10-24)22(29)21-8-5-15-30-21/h3-8,11,14-15,18H,9-10,12-13,16-17H2,1-2H3. The zero-order chi connectivity index (χ0) is 20.7. The van der Waals surface area contributed by atoms with Gasteiger partial charge >= 0.3 is 0 Å². The molecule has 0 saturated carbocycles. The molecular weight excluding hydrogens is 376 g/mol. The number of rotatable bonds is 3. The molecule has 0 unspecified atom stereocenters. The van der Waals surface area contributed by atoms with Gasteiger partial charge in [0.15, 0.2) is 5.76 Å². The summed E-state index contributed by atoms with van der Waals surface area (Å²) in [4.78, 5) is 22.2. The first-order valence-electron chi connectivity index (χ1n) is 10.8. The van der Waals surface area contributed by atoms with Gasteiger partial charge in [-0.1, -0.05) is 32.0 Å². The van der Waals surface area contributed by atoms with Gasteiger partial charge in [0.2, 0.25) is 0 Å². The lowest BCUT2D eigenvalue weighted by molar-refractivity contribution is -0.0000360. The molecule has 0 N–H and O–H groups in total. The first kappa shape index (κ1) is 19.1. The minimum absolute atomic E-state index is 0.0227. The summed E-state index contributed by atoms with van der Waals surface area (Å²) < 4.78 is 7.61. The van der Waals surface area contributed by atoms with E-state index in [0.29, 0.717) is 24.8 Å². The maximum atomic E-state index is 12.8. The van der Waals surface area contributed by atoms with Gasteiger partial charge < -0.3 is 13.9 Å². The molecule has 1 amide bonds. The number of imidazole rings is 1. The van der Waals surface area contributed by atoms with Crippen LogP contribution in [0, 0.1) is 5.92 Å². The highest BCUT2D eigenvalue weighted by atomic mass is 16.3. The second-order valence-electron chi connectivity index (χ2n) is 8.83. The average Bonchev–Trinajstić information content (AvgIpc) is 3.44. The Bertz CT molecular complexity index is 1030.